The molecule has 2 aromatic heterocycles. The largest absolute Gasteiger partial charge is 0.490 e. The number of nitrogens with one attached hydrogen (secondary N) is 1. The Morgan fingerprint density at radius 1 is 1.09 bits per heavy atom. The molecule has 0 aliphatic carbocycles. The van der Waals surface area contributed by atoms with Crippen LogP contribution >= 0.6 is 23.5 Å². The summed E-state index contributed by atoms with van der Waals surface area (Å²) < 4.78 is 50.7. The Morgan fingerprint density at radius 2 is 1.76 bits per heavy atom. The first-order valence-corrected chi connectivity index (χ1v) is 13.3. The molecule has 0 spiro atoms. The van der Waals surface area contributed by atoms with E-state index in [1.165, 1.54) is 12.3 Å². The van der Waals surface area contributed by atoms with Gasteiger partial charge in [0.1, 0.15) is 29.9 Å². The number of aryl methyl sites for hydroxylation is 1. The zero-order chi connectivity index (χ0) is 24.8. The third-order valence-electron chi connectivity index (χ3n) is 4.19. The van der Waals surface area contributed by atoms with Gasteiger partial charge in [0.2, 0.25) is 0 Å². The Hall–Kier alpha value is -1.42. The van der Waals surface area contributed by atoms with Crippen molar-refractivity contribution in [3.63, 3.8) is 0 Å². The number of H-pyrrole nitrogens is 1. The van der Waals surface area contributed by atoms with Crippen LogP contribution in [0.2, 0.25) is 0 Å². The molecule has 1 saturated heterocycles. The lowest BCUT2D eigenvalue weighted by atomic mass is 10.0. The second-order valence-electron chi connectivity index (χ2n) is 6.76. The van der Waals surface area contributed by atoms with Crippen LogP contribution in [0.15, 0.2) is 17.1 Å². The Morgan fingerprint density at radius 3 is 2.39 bits per heavy atom. The molecule has 33 heavy (non-hydrogen) atoms. The lowest BCUT2D eigenvalue weighted by Gasteiger charge is -2.19. The molecule has 3 unspecified atom stereocenters. The van der Waals surface area contributed by atoms with Crippen molar-refractivity contribution in [2.45, 2.75) is 31.3 Å². The van der Waals surface area contributed by atoms with Crippen molar-refractivity contribution in [1.29, 1.82) is 0 Å². The number of hydrogen-bond acceptors (Lipinski definition) is 12. The van der Waals surface area contributed by atoms with Crippen LogP contribution in [-0.2, 0) is 31.6 Å². The number of aliphatic hydroxyl groups excluding tert-OH is 2. The van der Waals surface area contributed by atoms with Gasteiger partial charge in [-0.3, -0.25) is 14.3 Å². The lowest BCUT2D eigenvalue weighted by molar-refractivity contribution is -0.0226. The van der Waals surface area contributed by atoms with Gasteiger partial charge in [0.15, 0.2) is 5.65 Å². The molecule has 0 bridgehead atoms. The molecule has 6 atom stereocenters. The average Bonchev–Trinajstić information content (AvgIpc) is 2.91. The molecule has 0 amide bonds. The van der Waals surface area contributed by atoms with E-state index in [1.807, 2.05) is 0 Å². The van der Waals surface area contributed by atoms with Crippen LogP contribution < -0.4 is 5.56 Å². The highest BCUT2D eigenvalue weighted by atomic mass is 31.3. The lowest BCUT2D eigenvalue weighted by Crippen LogP contribution is -2.33. The van der Waals surface area contributed by atoms with Gasteiger partial charge in [0.05, 0.1) is 17.9 Å². The molecule has 20 heteroatoms. The summed E-state index contributed by atoms with van der Waals surface area (Å²) in [5.74, 6) is 0. The fraction of sp³-hybridized carbons (Fsp3) is 0.462. The fourth-order valence-electron chi connectivity index (χ4n) is 2.90. The molecule has 1 aliphatic rings. The van der Waals surface area contributed by atoms with Crippen molar-refractivity contribution in [2.75, 3.05) is 6.61 Å². The normalized spacial score (nSPS) is 27.4. The van der Waals surface area contributed by atoms with Gasteiger partial charge in [-0.15, -0.1) is 0 Å². The van der Waals surface area contributed by atoms with Crippen LogP contribution in [0.3, 0.4) is 0 Å². The molecule has 3 heterocycles. The maximum atomic E-state index is 12.4. The highest BCUT2D eigenvalue weighted by Crippen LogP contribution is 2.66. The van der Waals surface area contributed by atoms with Gasteiger partial charge < -0.3 is 39.5 Å². The Bertz CT molecular complexity index is 1250. The second-order valence-corrected chi connectivity index (χ2v) is 11.2. The molecule has 0 radical (unpaired) electrons. The number of fused-ring (bicyclic) bond motifs is 1. The van der Waals surface area contributed by atoms with Crippen LogP contribution in [0.4, 0.5) is 0 Å². The van der Waals surface area contributed by atoms with Crippen LogP contribution in [-0.4, -0.2) is 69.7 Å². The predicted octanol–water partition coefficient (Wildman–Crippen LogP) is -0.868. The number of phosphoric acid groups is 3. The van der Waals surface area contributed by atoms with E-state index in [9.17, 15) is 33.6 Å². The van der Waals surface area contributed by atoms with Crippen molar-refractivity contribution in [3.8, 4) is 0 Å². The summed E-state index contributed by atoms with van der Waals surface area (Å²) in [6.07, 6.45) is -4.98. The summed E-state index contributed by atoms with van der Waals surface area (Å²) in [6, 6.07) is 1.27. The first kappa shape index (κ1) is 26.2. The van der Waals surface area contributed by atoms with E-state index in [1.54, 1.807) is 6.92 Å². The molecule has 0 aromatic carbocycles. The summed E-state index contributed by atoms with van der Waals surface area (Å²) in [4.78, 5) is 58.7. The van der Waals surface area contributed by atoms with Crippen LogP contribution in [0, 0.1) is 6.92 Å². The summed E-state index contributed by atoms with van der Waals surface area (Å²) in [7, 11) is -16.8. The summed E-state index contributed by atoms with van der Waals surface area (Å²) >= 11 is 0. The quantitative estimate of drug-likeness (QED) is 0.203. The molecule has 2 aromatic rings. The number of aromatic nitrogens is 3. The zero-order valence-corrected chi connectivity index (χ0v) is 19.0. The van der Waals surface area contributed by atoms with Gasteiger partial charge in [-0.25, -0.2) is 18.7 Å². The number of pyridine rings is 1. The minimum atomic E-state index is -5.73. The molecule has 3 rings (SSSR count). The molecule has 7 N–H and O–H groups in total. The van der Waals surface area contributed by atoms with Gasteiger partial charge in [-0.2, -0.15) is 8.62 Å². The number of rotatable bonds is 8. The summed E-state index contributed by atoms with van der Waals surface area (Å²) in [6.45, 7) is 0.643. The van der Waals surface area contributed by atoms with Crippen molar-refractivity contribution in [1.82, 2.24) is 15.0 Å². The van der Waals surface area contributed by atoms with Crippen molar-refractivity contribution in [3.05, 3.63) is 33.9 Å². The number of hydrogen-bond donors (Lipinski definition) is 7. The number of aliphatic hydroxyl groups is 2. The average molecular weight is 533 g/mol. The SMILES string of the molecule is Cc1cnc2cc([C@@H]3O[C@H](COP(=O)(O)OP(=O)(O)OP(=O)(O)O)C(O)[C@@H]3O)c(=O)[nH]c2n1. The third kappa shape index (κ3) is 6.59. The summed E-state index contributed by atoms with van der Waals surface area (Å²) in [5, 5.41) is 20.5. The van der Waals surface area contributed by atoms with E-state index in [0.29, 0.717) is 5.69 Å². The molecular formula is C13H18N3O14P3. The highest BCUT2D eigenvalue weighted by Gasteiger charge is 2.47. The minimum absolute atomic E-state index is 0.145. The van der Waals surface area contributed by atoms with E-state index in [-0.39, 0.29) is 16.7 Å². The molecule has 1 fully saturated rings. The Balaban J connectivity index is 1.73. The number of ether oxygens (including phenoxy) is 1. The van der Waals surface area contributed by atoms with Crippen molar-refractivity contribution < 1.29 is 61.4 Å². The smallest absolute Gasteiger partial charge is 0.387 e. The Kier molecular flexibility index (Phi) is 7.40. The zero-order valence-electron chi connectivity index (χ0n) is 16.4. The van der Waals surface area contributed by atoms with Crippen LogP contribution in [0.1, 0.15) is 17.4 Å². The van der Waals surface area contributed by atoms with E-state index in [4.69, 9.17) is 19.4 Å². The van der Waals surface area contributed by atoms with Gasteiger partial charge in [-0.05, 0) is 13.0 Å². The molecular weight excluding hydrogens is 515 g/mol. The number of nitrogens with zero attached hydrogens (tertiary/aromatic N) is 2. The number of phosphoric ester groups is 1. The first-order valence-electron chi connectivity index (χ1n) is 8.73. The predicted molar refractivity (Wildman–Crippen MR) is 104 cm³/mol. The fourth-order valence-corrected chi connectivity index (χ4v) is 5.93. The number of aromatic amines is 1. The second kappa shape index (κ2) is 9.32. The van der Waals surface area contributed by atoms with Gasteiger partial charge in [0, 0.05) is 6.20 Å². The summed E-state index contributed by atoms with van der Waals surface area (Å²) in [5.41, 5.74) is 0.0865. The van der Waals surface area contributed by atoms with E-state index >= 15 is 0 Å². The topological polar surface area (TPSA) is 268 Å². The molecule has 17 nitrogen and oxygen atoms in total. The molecule has 0 saturated carbocycles. The standard InChI is InChI=1S/C13H18N3O14P3/c1-5-3-14-7-2-6(13(19)16-12(7)15-5)11-10(18)9(17)8(28-11)4-27-32(23,24)30-33(25,26)29-31(20,21)22/h2-3,8-11,17-18H,4H2,1H3,(H,23,24)(H,25,26)(H,15,16,19)(H2,20,21,22)/t8-,9?,10+,11+/m1/s1. The van der Waals surface area contributed by atoms with E-state index < -0.39 is 60.1 Å². The van der Waals surface area contributed by atoms with Gasteiger partial charge >= 0.3 is 23.5 Å². The van der Waals surface area contributed by atoms with Gasteiger partial charge in [-0.1, -0.05) is 0 Å². The monoisotopic (exact) mass is 533 g/mol. The van der Waals surface area contributed by atoms with Crippen LogP contribution in [0.5, 0.6) is 0 Å². The molecule has 1 aliphatic heterocycles. The van der Waals surface area contributed by atoms with E-state index in [2.05, 4.69) is 28.1 Å². The highest BCUT2D eigenvalue weighted by molar-refractivity contribution is 7.66. The maximum absolute atomic E-state index is 12.4. The Labute approximate surface area is 183 Å². The van der Waals surface area contributed by atoms with Crippen LogP contribution in [0.25, 0.3) is 11.2 Å². The first-order chi connectivity index (χ1) is 15.1. The van der Waals surface area contributed by atoms with Crippen molar-refractivity contribution >= 4 is 34.6 Å². The van der Waals surface area contributed by atoms with E-state index in [0.717, 1.165) is 0 Å². The third-order valence-corrected chi connectivity index (χ3v) is 8.00. The van der Waals surface area contributed by atoms with Crippen molar-refractivity contribution in [2.24, 2.45) is 0 Å². The maximum Gasteiger partial charge on any atom is 0.490 e. The molecule has 184 valence electrons. The minimum Gasteiger partial charge on any atom is -0.387 e. The van der Waals surface area contributed by atoms with Gasteiger partial charge in [0.25, 0.3) is 5.56 Å².